The first-order chi connectivity index (χ1) is 20.8. The molecule has 5 nitrogen and oxygen atoms in total. The van der Waals surface area contributed by atoms with Crippen molar-refractivity contribution in [2.45, 2.75) is 44.1 Å². The van der Waals surface area contributed by atoms with Crippen LogP contribution in [0.5, 0.6) is 0 Å². The molecular weight excluding hydrogens is 551 g/mol. The van der Waals surface area contributed by atoms with E-state index in [4.69, 9.17) is 0 Å². The highest BCUT2D eigenvalue weighted by atomic mass is 19.4. The van der Waals surface area contributed by atoms with Crippen LogP contribution in [0.3, 0.4) is 0 Å². The maximum atomic E-state index is 14.1. The fraction of sp³-hybridized carbons (Fsp3) is 0.229. The van der Waals surface area contributed by atoms with Gasteiger partial charge in [0.25, 0.3) is 5.91 Å². The van der Waals surface area contributed by atoms with Crippen LogP contribution in [0.1, 0.15) is 34.3 Å². The third-order valence-electron chi connectivity index (χ3n) is 8.31. The monoisotopic (exact) mass is 581 g/mol. The maximum Gasteiger partial charge on any atom is 0.471 e. The largest absolute Gasteiger partial charge is 0.471 e. The van der Waals surface area contributed by atoms with Crippen LogP contribution in [0.4, 0.5) is 13.2 Å². The summed E-state index contributed by atoms with van der Waals surface area (Å²) in [6.45, 7) is 0.0182. The Morgan fingerprint density at radius 1 is 0.837 bits per heavy atom. The number of hydrogen-bond donors (Lipinski definition) is 0. The molecule has 2 heterocycles. The highest BCUT2D eigenvalue weighted by Gasteiger charge is 2.46. The number of nitrogens with zero attached hydrogens (tertiary/aromatic N) is 3. The molecule has 0 N–H and O–H groups in total. The van der Waals surface area contributed by atoms with Gasteiger partial charge in [-0.05, 0) is 59.4 Å². The van der Waals surface area contributed by atoms with Gasteiger partial charge >= 0.3 is 12.1 Å². The number of carbonyl (C=O) groups is 2. The van der Waals surface area contributed by atoms with E-state index in [0.717, 1.165) is 21.2 Å². The Bertz CT molecular complexity index is 1760. The summed E-state index contributed by atoms with van der Waals surface area (Å²) in [5.74, 6) is -2.03. The molecule has 5 aromatic rings. The zero-order valence-electron chi connectivity index (χ0n) is 23.4. The minimum atomic E-state index is -5.03. The number of benzene rings is 4. The topological polar surface area (TPSA) is 53.5 Å². The lowest BCUT2D eigenvalue weighted by molar-refractivity contribution is -0.189. The lowest BCUT2D eigenvalue weighted by atomic mass is 9.89. The second-order valence-corrected chi connectivity index (χ2v) is 11.0. The van der Waals surface area contributed by atoms with Crippen LogP contribution in [0, 0.1) is 0 Å². The van der Waals surface area contributed by atoms with Gasteiger partial charge in [0.05, 0.1) is 5.52 Å². The third-order valence-corrected chi connectivity index (χ3v) is 8.31. The number of piperidine rings is 1. The Morgan fingerprint density at radius 3 is 2.33 bits per heavy atom. The summed E-state index contributed by atoms with van der Waals surface area (Å²) in [5.41, 5.74) is 2.77. The van der Waals surface area contributed by atoms with Gasteiger partial charge in [0.15, 0.2) is 0 Å². The Morgan fingerprint density at radius 2 is 1.53 bits per heavy atom. The number of fused-ring (bicyclic) bond motifs is 2. The minimum absolute atomic E-state index is 0.162. The van der Waals surface area contributed by atoms with Crippen molar-refractivity contribution in [2.24, 2.45) is 0 Å². The first-order valence-electron chi connectivity index (χ1n) is 14.3. The lowest BCUT2D eigenvalue weighted by Gasteiger charge is -2.44. The predicted molar refractivity (Wildman–Crippen MR) is 160 cm³/mol. The van der Waals surface area contributed by atoms with Crippen molar-refractivity contribution in [1.29, 1.82) is 0 Å². The maximum absolute atomic E-state index is 14.1. The van der Waals surface area contributed by atoms with E-state index in [2.05, 4.69) is 4.98 Å². The number of likely N-dealkylation sites (tertiary alicyclic amines) is 1. The van der Waals surface area contributed by atoms with E-state index < -0.39 is 24.2 Å². The van der Waals surface area contributed by atoms with E-state index in [-0.39, 0.29) is 31.8 Å². The van der Waals surface area contributed by atoms with Crippen molar-refractivity contribution in [3.63, 3.8) is 0 Å². The molecule has 1 aliphatic heterocycles. The molecule has 4 aromatic carbocycles. The number of carbonyl (C=O) groups excluding carboxylic acids is 2. The number of para-hydroxylation sites is 1. The van der Waals surface area contributed by atoms with E-state index in [9.17, 15) is 22.8 Å². The average Bonchev–Trinajstić information content (AvgIpc) is 3.03. The van der Waals surface area contributed by atoms with Gasteiger partial charge in [0, 0.05) is 42.3 Å². The number of hydrogen-bond acceptors (Lipinski definition) is 3. The van der Waals surface area contributed by atoms with E-state index in [0.29, 0.717) is 28.5 Å². The fourth-order valence-corrected chi connectivity index (χ4v) is 6.23. The Kier molecular flexibility index (Phi) is 7.84. The van der Waals surface area contributed by atoms with Crippen LogP contribution in [0.25, 0.3) is 21.7 Å². The number of amides is 2. The zero-order chi connectivity index (χ0) is 30.0. The second kappa shape index (κ2) is 11.9. The molecule has 6 rings (SSSR count). The van der Waals surface area contributed by atoms with Crippen molar-refractivity contribution in [3.05, 3.63) is 126 Å². The summed E-state index contributed by atoms with van der Waals surface area (Å²) in [7, 11) is 0. The Labute approximate surface area is 247 Å². The average molecular weight is 582 g/mol. The van der Waals surface area contributed by atoms with Crippen LogP contribution < -0.4 is 0 Å². The molecule has 0 aliphatic carbocycles. The van der Waals surface area contributed by atoms with Gasteiger partial charge in [-0.2, -0.15) is 13.2 Å². The smallest absolute Gasteiger partial charge is 0.335 e. The number of pyridine rings is 1. The molecule has 8 heteroatoms. The van der Waals surface area contributed by atoms with Crippen molar-refractivity contribution < 1.29 is 22.8 Å². The molecule has 0 bridgehead atoms. The molecule has 2 atom stereocenters. The summed E-state index contributed by atoms with van der Waals surface area (Å²) < 4.78 is 42.1. The Balaban J connectivity index is 1.35. The molecule has 0 spiro atoms. The number of rotatable bonds is 6. The van der Waals surface area contributed by atoms with Crippen LogP contribution in [0.2, 0.25) is 0 Å². The number of alkyl halides is 3. The van der Waals surface area contributed by atoms with Crippen LogP contribution in [0.15, 0.2) is 109 Å². The van der Waals surface area contributed by atoms with Gasteiger partial charge < -0.3 is 9.80 Å². The summed E-state index contributed by atoms with van der Waals surface area (Å²) in [6.07, 6.45) is -2.58. The van der Waals surface area contributed by atoms with Crippen molar-refractivity contribution in [1.82, 2.24) is 14.8 Å². The predicted octanol–water partition coefficient (Wildman–Crippen LogP) is 7.20. The zero-order valence-corrected chi connectivity index (χ0v) is 23.4. The van der Waals surface area contributed by atoms with Gasteiger partial charge in [-0.25, -0.2) is 0 Å². The van der Waals surface area contributed by atoms with Crippen molar-refractivity contribution in [3.8, 4) is 0 Å². The third kappa shape index (κ3) is 5.95. The van der Waals surface area contributed by atoms with Crippen molar-refractivity contribution in [2.75, 3.05) is 6.54 Å². The van der Waals surface area contributed by atoms with E-state index in [1.165, 1.54) is 0 Å². The molecule has 1 fully saturated rings. The molecule has 43 heavy (non-hydrogen) atoms. The molecule has 2 amide bonds. The molecule has 0 radical (unpaired) electrons. The van der Waals surface area contributed by atoms with Gasteiger partial charge in [0.2, 0.25) is 0 Å². The normalized spacial score (nSPS) is 17.2. The molecular formula is C35H30F3N3O2. The van der Waals surface area contributed by atoms with Gasteiger partial charge in [-0.1, -0.05) is 84.9 Å². The lowest BCUT2D eigenvalue weighted by Crippen LogP contribution is -2.55. The van der Waals surface area contributed by atoms with Gasteiger partial charge in [0.1, 0.15) is 0 Å². The number of halogens is 3. The standard InChI is InChI=1S/C35H30F3N3O2/c36-35(37,38)34(43)41(23-26-17-19-39-32-16-7-6-14-30(26)32)27-18-20-40(28(22-27)21-24-9-2-1-3-10-24)33(42)31-15-8-12-25-11-4-5-13-29(25)31/h1-17,19,27-28H,18,20-23H2/t27-,28+/m0/s1. The molecule has 0 saturated carbocycles. The van der Waals surface area contributed by atoms with Crippen LogP contribution in [-0.4, -0.2) is 51.4 Å². The molecule has 1 aliphatic rings. The summed E-state index contributed by atoms with van der Waals surface area (Å²) in [4.78, 5) is 34.1. The molecule has 1 saturated heterocycles. The first-order valence-corrected chi connectivity index (χ1v) is 14.3. The quantitative estimate of drug-likeness (QED) is 0.213. The second-order valence-electron chi connectivity index (χ2n) is 11.0. The number of aromatic nitrogens is 1. The molecule has 1 aromatic heterocycles. The minimum Gasteiger partial charge on any atom is -0.335 e. The van der Waals surface area contributed by atoms with E-state index in [1.54, 1.807) is 41.4 Å². The molecule has 0 unspecified atom stereocenters. The summed E-state index contributed by atoms with van der Waals surface area (Å²) >= 11 is 0. The van der Waals surface area contributed by atoms with Crippen molar-refractivity contribution >= 4 is 33.5 Å². The first kappa shape index (κ1) is 28.4. The SMILES string of the molecule is O=C(c1cccc2ccccc12)N1CC[C@H](N(Cc2ccnc3ccccc23)C(=O)C(F)(F)F)C[C@H]1Cc1ccccc1. The summed E-state index contributed by atoms with van der Waals surface area (Å²) in [6, 6.07) is 30.6. The van der Waals surface area contributed by atoms with Crippen LogP contribution >= 0.6 is 0 Å². The van der Waals surface area contributed by atoms with Gasteiger partial charge in [-0.3, -0.25) is 14.6 Å². The summed E-state index contributed by atoms with van der Waals surface area (Å²) in [5, 5.41) is 2.47. The highest BCUT2D eigenvalue weighted by Crippen LogP contribution is 2.32. The fourth-order valence-electron chi connectivity index (χ4n) is 6.23. The Hall–Kier alpha value is -4.72. The highest BCUT2D eigenvalue weighted by molar-refractivity contribution is 6.07. The molecule has 218 valence electrons. The van der Waals surface area contributed by atoms with Crippen LogP contribution in [-0.2, 0) is 17.8 Å². The van der Waals surface area contributed by atoms with E-state index in [1.807, 2.05) is 72.8 Å². The van der Waals surface area contributed by atoms with Gasteiger partial charge in [-0.15, -0.1) is 0 Å². The van der Waals surface area contributed by atoms with E-state index >= 15 is 0 Å².